The third-order valence-electron chi connectivity index (χ3n) is 23.4. The van der Waals surface area contributed by atoms with Gasteiger partial charge >= 0.3 is 36.1 Å². The second-order valence-corrected chi connectivity index (χ2v) is 35.7. The average Bonchev–Trinajstić information content (AvgIpc) is 0.837. The molecule has 140 heavy (non-hydrogen) atoms. The van der Waals surface area contributed by atoms with E-state index in [1.807, 2.05) is 41.5 Å². The van der Waals surface area contributed by atoms with Gasteiger partial charge in [-0.05, 0) is 134 Å². The van der Waals surface area contributed by atoms with E-state index in [1.54, 1.807) is 121 Å². The van der Waals surface area contributed by atoms with Crippen molar-refractivity contribution in [3.05, 3.63) is 153 Å². The van der Waals surface area contributed by atoms with Crippen LogP contribution in [0, 0.1) is 45.6 Å². The molecule has 11 amide bonds. The molecule has 11 N–H and O–H groups in total. The van der Waals surface area contributed by atoms with Gasteiger partial charge in [0.2, 0.25) is 47.3 Å². The van der Waals surface area contributed by atoms with Crippen LogP contribution in [0.2, 0.25) is 0 Å². The number of benzene rings is 3. The molecule has 18 atom stereocenters. The summed E-state index contributed by atoms with van der Waals surface area (Å²) in [5.74, 6) is -13.1. The molecule has 2 heterocycles. The van der Waals surface area contributed by atoms with Gasteiger partial charge in [0.15, 0.2) is 12.2 Å². The smallest absolute Gasteiger partial charge is 0.456 e. The predicted octanol–water partition coefficient (Wildman–Crippen LogP) is 7.52. The molecule has 40 nitrogen and oxygen atoms in total. The van der Waals surface area contributed by atoms with Crippen molar-refractivity contribution >= 4 is 101 Å². The number of likely N-dealkylation sites (N-methyl/N-ethyl adjacent to an activating group) is 4. The highest BCUT2D eigenvalue weighted by molar-refractivity contribution is 5.99. The largest absolute Gasteiger partial charge is 0.514 e. The molecule has 2 unspecified atom stereocenters. The monoisotopic (exact) mass is 1970 g/mol. The molecule has 40 heteroatoms. The summed E-state index contributed by atoms with van der Waals surface area (Å²) in [5.41, 5.74) is 6.60. The minimum Gasteiger partial charge on any atom is -0.456 e. The number of cyclic esters (lactones) is 4. The fourth-order valence-corrected chi connectivity index (χ4v) is 14.4. The van der Waals surface area contributed by atoms with Crippen LogP contribution >= 0.6 is 0 Å². The van der Waals surface area contributed by atoms with Crippen LogP contribution in [0.3, 0.4) is 0 Å². The molecule has 0 radical (unpaired) electrons. The summed E-state index contributed by atoms with van der Waals surface area (Å²) < 4.78 is 40.2. The van der Waals surface area contributed by atoms with Gasteiger partial charge in [-0.1, -0.05) is 174 Å². The number of non-ortho nitro benzene ring substituents is 1. The summed E-state index contributed by atoms with van der Waals surface area (Å²) in [6.45, 7) is 30.4. The first-order valence-corrected chi connectivity index (χ1v) is 46.8. The molecule has 0 fully saturated rings. The Morgan fingerprint density at radius 3 is 1.31 bits per heavy atom. The molecule has 778 valence electrons. The summed E-state index contributed by atoms with van der Waals surface area (Å²) in [7, 11) is 5.61. The average molecular weight is 1970 g/mol. The molecule has 3 aromatic carbocycles. The van der Waals surface area contributed by atoms with E-state index in [2.05, 4.69) is 37.2 Å². The fraction of sp³-hybridized carbons (Fsp3) is 0.580. The number of rotatable bonds is 21. The van der Waals surface area contributed by atoms with E-state index in [-0.39, 0.29) is 100 Å². The topological polar surface area (TPSA) is 545 Å². The molecule has 5 rings (SSSR count). The van der Waals surface area contributed by atoms with Crippen LogP contribution in [0.1, 0.15) is 189 Å². The number of ether oxygens (including phenoxy) is 7. The highest BCUT2D eigenvalue weighted by Crippen LogP contribution is 2.29. The van der Waals surface area contributed by atoms with E-state index >= 15 is 0 Å². The normalized spacial score (nSPS) is 25.6. The molecule has 0 bridgehead atoms. The van der Waals surface area contributed by atoms with Crippen LogP contribution in [0.15, 0.2) is 132 Å². The number of nitrogens with zero attached hydrogens (tertiary/aromatic N) is 5. The van der Waals surface area contributed by atoms with Crippen molar-refractivity contribution in [3.63, 3.8) is 0 Å². The maximum Gasteiger partial charge on any atom is 0.514 e. The predicted molar refractivity (Wildman–Crippen MR) is 522 cm³/mol. The molecule has 0 spiro atoms. The Balaban J connectivity index is 0.000000907. The lowest BCUT2D eigenvalue weighted by Crippen LogP contribution is -2.57. The Kier molecular flexibility index (Phi) is 54.6. The van der Waals surface area contributed by atoms with Crippen molar-refractivity contribution in [2.75, 3.05) is 67.6 Å². The molecule has 0 saturated heterocycles. The lowest BCUT2D eigenvalue weighted by Gasteiger charge is -2.33. The lowest BCUT2D eigenvalue weighted by atomic mass is 9.90. The maximum atomic E-state index is 14.2. The van der Waals surface area contributed by atoms with Crippen LogP contribution < -0.4 is 47.7 Å². The zero-order valence-corrected chi connectivity index (χ0v) is 84.3. The van der Waals surface area contributed by atoms with Crippen molar-refractivity contribution in [1.29, 1.82) is 0 Å². The summed E-state index contributed by atoms with van der Waals surface area (Å²) in [6.07, 6.45) is -0.555. The number of allylic oxidation sites excluding steroid dienone is 2. The van der Waals surface area contributed by atoms with Crippen LogP contribution in [0.5, 0.6) is 5.75 Å². The number of aliphatic hydroxyl groups is 2. The highest BCUT2D eigenvalue weighted by Gasteiger charge is 2.42. The summed E-state index contributed by atoms with van der Waals surface area (Å²) >= 11 is 0. The SMILES string of the molecule is C.C/C=C(\C)[C@H]1OC(=O)[C@@H](C)NC(=O)[C@H](C(C)CC)NC(=O)CN(C)C(=O)[C@@H](Cc2ccccc2)N(C)C(=O)[C@H](C)NC(=O)[C@@H](CC(C)C)OC(=O)/C(C)=C/C[C@H](OC(=O)NCCO)[C@@H]1C.C/C=C/[C@H]1OC(=O)[C@@H](C)NC(=O)[C@H](C(C)CC)NC(=O)CN(C)C(=O)[C@@H](Cc2ccccc2)N(C)C(=O)[C@H](C)NC(=O)[C@@H](CC(C)C)OC(=O)/C(C)=C/C[C@H](OC(=O)Oc2ccc([N+](=O)[O-])cc2)[C@@H]1C.NCCO. The molecule has 2 aliphatic rings. The van der Waals surface area contributed by atoms with Crippen molar-refractivity contribution in [2.45, 2.75) is 275 Å². The van der Waals surface area contributed by atoms with Crippen LogP contribution in [-0.2, 0) is 108 Å². The summed E-state index contributed by atoms with van der Waals surface area (Å²) in [6, 6.07) is 13.0. The number of hydrogen-bond acceptors (Lipinski definition) is 28. The third-order valence-corrected chi connectivity index (χ3v) is 23.4. The van der Waals surface area contributed by atoms with E-state index in [0.717, 1.165) is 27.5 Å². The van der Waals surface area contributed by atoms with Crippen LogP contribution in [-0.4, -0.2) is 282 Å². The Hall–Kier alpha value is -13.0. The number of carbonyl (C=O) groups is 16. The number of alkyl carbamates (subject to hydrolysis) is 1. The number of carbonyl (C=O) groups excluding carboxylic acids is 16. The van der Waals surface area contributed by atoms with Gasteiger partial charge in [0.1, 0.15) is 78.5 Å². The minimum atomic E-state index is -1.37. The number of amides is 11. The van der Waals surface area contributed by atoms with Gasteiger partial charge in [-0.25, -0.2) is 28.8 Å². The van der Waals surface area contributed by atoms with Gasteiger partial charge in [-0.2, -0.15) is 0 Å². The van der Waals surface area contributed by atoms with Gasteiger partial charge in [0.25, 0.3) is 17.5 Å². The minimum absolute atomic E-state index is 0. The number of nitro benzene ring substituents is 1. The lowest BCUT2D eigenvalue weighted by molar-refractivity contribution is -0.384. The van der Waals surface area contributed by atoms with Crippen molar-refractivity contribution in [3.8, 4) is 5.75 Å². The zero-order valence-electron chi connectivity index (χ0n) is 84.3. The van der Waals surface area contributed by atoms with E-state index in [0.29, 0.717) is 30.5 Å². The molecule has 0 saturated carbocycles. The third kappa shape index (κ3) is 40.8. The quantitative estimate of drug-likeness (QED) is 0.0123. The number of hydrogen-bond donors (Lipinski definition) is 10. The number of esters is 4. The van der Waals surface area contributed by atoms with E-state index in [1.165, 1.54) is 110 Å². The number of aliphatic hydroxyl groups excluding tert-OH is 2. The number of nitro groups is 1. The summed E-state index contributed by atoms with van der Waals surface area (Å²) in [4.78, 5) is 235. The van der Waals surface area contributed by atoms with Crippen molar-refractivity contribution in [2.24, 2.45) is 41.2 Å². The van der Waals surface area contributed by atoms with Crippen LogP contribution in [0.4, 0.5) is 15.3 Å². The number of nitrogens with one attached hydrogen (secondary N) is 7. The molecular formula is C100H151N13O27. The van der Waals surface area contributed by atoms with Gasteiger partial charge in [-0.3, -0.25) is 58.1 Å². The Morgan fingerprint density at radius 2 is 0.943 bits per heavy atom. The number of nitrogens with two attached hydrogens (primary N) is 1. The maximum absolute atomic E-state index is 14.2. The first kappa shape index (κ1) is 123. The second kappa shape index (κ2) is 62.2. The van der Waals surface area contributed by atoms with Crippen LogP contribution in [0.25, 0.3) is 0 Å². The standard InChI is InChI=1S/C50H68N6O14.C47H72N6O12.C2H7NO.CH4/c1-12-17-39-32(7)40(70-50(64)67-37-23-21-36(22-24-37)56(65)66)25-20-31(6)48(62)69-41(26-29(3)4)44(58)51-33(8)46(60)55(11)38(27-35-18-15-14-16-19-35)47(61)54(10)28-42(57)53-43(30(5)13-2)45(59)52-34(9)49(63)68-39;1-13-28(5)39-42(57)50-33(10)46(61)65-40(29(6)14-2)31(8)36(64-47(62)48-22-23-54)21-20-30(7)45(60)63-37(24-27(3)4)41(56)49-32(9)43(58)53(12)35(25-34-18-16-15-17-19-34)44(59)52(11)26-38(55)51-39;3-1-2-4;/h12,14-24,29-30,32-34,38-41,43H,13,25-28H2,1-11H3,(H,51,58)(H,52,59)(H,53,57);14-20,27-28,31-33,35-37,39-40,54H,13,21-26H2,1-12H3,(H,48,62)(H,49,56)(H,50,57)(H,51,55);4H,1-3H2;1H4/b17-12+,31-20+;29-14+,30-20+;;/t30?,32-,33+,34-,38-,39-,40+,41-,43+;28?,31-,32-,33+,35+,36-,37+,39-,40+;;/m10../s1. The Labute approximate surface area is 822 Å². The van der Waals surface area contributed by atoms with Crippen molar-refractivity contribution in [1.82, 2.24) is 56.8 Å². The first-order chi connectivity index (χ1) is 65.4. The second-order valence-electron chi connectivity index (χ2n) is 35.7. The zero-order chi connectivity index (χ0) is 105. The van der Waals surface area contributed by atoms with E-state index in [9.17, 15) is 91.9 Å². The van der Waals surface area contributed by atoms with Crippen molar-refractivity contribution < 1.29 is 125 Å². The summed E-state index contributed by atoms with van der Waals surface area (Å²) in [5, 5.41) is 46.6. The van der Waals surface area contributed by atoms with Gasteiger partial charge in [0, 0.05) is 102 Å². The van der Waals surface area contributed by atoms with E-state index in [4.69, 9.17) is 44.0 Å². The molecule has 0 aliphatic carbocycles. The van der Waals surface area contributed by atoms with E-state index < -0.39 is 222 Å². The molecule has 2 aliphatic heterocycles. The first-order valence-electron chi connectivity index (χ1n) is 46.8. The van der Waals surface area contributed by atoms with Gasteiger partial charge in [-0.15, -0.1) is 0 Å². The molecule has 3 aromatic rings. The highest BCUT2D eigenvalue weighted by atomic mass is 16.7. The molecule has 0 aromatic heterocycles. The fourth-order valence-electron chi connectivity index (χ4n) is 14.4. The van der Waals surface area contributed by atoms with Gasteiger partial charge < -0.3 is 106 Å². The van der Waals surface area contributed by atoms with Gasteiger partial charge in [0.05, 0.1) is 31.2 Å². The molecular weight excluding hydrogens is 1820 g/mol. The Bertz CT molecular complexity index is 4720. The Morgan fingerprint density at radius 1 is 0.550 bits per heavy atom.